The van der Waals surface area contributed by atoms with Crippen molar-refractivity contribution in [2.75, 3.05) is 7.11 Å². The zero-order valence-electron chi connectivity index (χ0n) is 13.9. The number of aromatic nitrogens is 1. The summed E-state index contributed by atoms with van der Waals surface area (Å²) >= 11 is 5.68. The van der Waals surface area contributed by atoms with Gasteiger partial charge in [0.2, 0.25) is 0 Å². The maximum absolute atomic E-state index is 13.7. The van der Waals surface area contributed by atoms with E-state index < -0.39 is 5.82 Å². The Hall–Kier alpha value is -2.92. The summed E-state index contributed by atoms with van der Waals surface area (Å²) < 4.78 is 23.9. The Kier molecular flexibility index (Phi) is 5.49. The normalized spacial score (nSPS) is 10.4. The van der Waals surface area contributed by atoms with Crippen LogP contribution >= 0.6 is 11.6 Å². The molecule has 2 aromatic carbocycles. The van der Waals surface area contributed by atoms with Crippen molar-refractivity contribution in [2.45, 2.75) is 6.42 Å². The maximum atomic E-state index is 13.7. The second-order valence-corrected chi connectivity index (χ2v) is 5.96. The molecule has 0 aliphatic carbocycles. The Balaban J connectivity index is 1.77. The maximum Gasteiger partial charge on any atom is 0.309 e. The molecule has 6 heteroatoms. The molecule has 0 aliphatic rings. The molecule has 0 saturated heterocycles. The van der Waals surface area contributed by atoms with Crippen LogP contribution in [0.4, 0.5) is 4.39 Å². The summed E-state index contributed by atoms with van der Waals surface area (Å²) in [7, 11) is 1.36. The summed E-state index contributed by atoms with van der Waals surface area (Å²) in [6.45, 7) is 0. The van der Waals surface area contributed by atoms with Crippen molar-refractivity contribution in [2.24, 2.45) is 0 Å². The zero-order valence-corrected chi connectivity index (χ0v) is 14.7. The summed E-state index contributed by atoms with van der Waals surface area (Å²) in [5, 5.41) is 0.206. The van der Waals surface area contributed by atoms with Crippen molar-refractivity contribution in [3.05, 3.63) is 77.2 Å². The van der Waals surface area contributed by atoms with E-state index in [9.17, 15) is 9.18 Å². The molecular formula is C20H15ClFNO3. The smallest absolute Gasteiger partial charge is 0.309 e. The Morgan fingerprint density at radius 2 is 1.88 bits per heavy atom. The van der Waals surface area contributed by atoms with Crippen molar-refractivity contribution in [3.63, 3.8) is 0 Å². The molecule has 0 unspecified atom stereocenters. The molecule has 0 aliphatic heterocycles. The largest absolute Gasteiger partial charge is 0.469 e. The van der Waals surface area contributed by atoms with Crippen LogP contribution in [0.25, 0.3) is 11.1 Å². The monoisotopic (exact) mass is 371 g/mol. The third-order valence-electron chi connectivity index (χ3n) is 3.68. The van der Waals surface area contributed by atoms with E-state index in [0.717, 1.165) is 22.8 Å². The van der Waals surface area contributed by atoms with Gasteiger partial charge in [-0.3, -0.25) is 4.79 Å². The first kappa shape index (κ1) is 17.9. The van der Waals surface area contributed by atoms with Crippen molar-refractivity contribution in [3.8, 4) is 22.8 Å². The van der Waals surface area contributed by atoms with Crippen LogP contribution in [0.3, 0.4) is 0 Å². The van der Waals surface area contributed by atoms with Gasteiger partial charge in [0.25, 0.3) is 5.88 Å². The molecule has 4 nitrogen and oxygen atoms in total. The molecule has 0 bridgehead atoms. The molecule has 1 aromatic heterocycles. The van der Waals surface area contributed by atoms with Crippen molar-refractivity contribution >= 4 is 17.6 Å². The van der Waals surface area contributed by atoms with Crippen LogP contribution in [0, 0.1) is 5.82 Å². The topological polar surface area (TPSA) is 48.4 Å². The zero-order chi connectivity index (χ0) is 18.5. The molecule has 0 saturated carbocycles. The molecule has 0 radical (unpaired) electrons. The molecular weight excluding hydrogens is 357 g/mol. The predicted octanol–water partition coefficient (Wildman–Crippen LogP) is 5.05. The molecule has 3 aromatic rings. The SMILES string of the molecule is COC(=O)Cc1cccc(-c2ccc(Oc3ncc(Cl)cc3F)cc2)c1. The Labute approximate surface area is 155 Å². The van der Waals surface area contributed by atoms with Gasteiger partial charge >= 0.3 is 5.97 Å². The van der Waals surface area contributed by atoms with Gasteiger partial charge in [-0.1, -0.05) is 48.0 Å². The standard InChI is InChI=1S/C20H15ClFNO3/c1-25-19(24)10-13-3-2-4-15(9-13)14-5-7-17(8-6-14)26-20-18(22)11-16(21)12-23-20/h2-9,11-12H,10H2,1H3. The first-order chi connectivity index (χ1) is 12.5. The lowest BCUT2D eigenvalue weighted by atomic mass is 10.0. The average Bonchev–Trinajstić information content (AvgIpc) is 2.65. The van der Waals surface area contributed by atoms with Gasteiger partial charge in [-0.2, -0.15) is 0 Å². The first-order valence-electron chi connectivity index (χ1n) is 7.80. The van der Waals surface area contributed by atoms with E-state index in [-0.39, 0.29) is 23.3 Å². The average molecular weight is 372 g/mol. The summed E-state index contributed by atoms with van der Waals surface area (Å²) in [6.07, 6.45) is 1.54. The summed E-state index contributed by atoms with van der Waals surface area (Å²) in [6, 6.07) is 15.9. The van der Waals surface area contributed by atoms with E-state index in [1.807, 2.05) is 36.4 Å². The van der Waals surface area contributed by atoms with Crippen molar-refractivity contribution in [1.29, 1.82) is 0 Å². The van der Waals surface area contributed by atoms with Crippen molar-refractivity contribution in [1.82, 2.24) is 4.98 Å². The number of rotatable bonds is 5. The minimum atomic E-state index is -0.628. The van der Waals surface area contributed by atoms with Crippen LogP contribution in [0.2, 0.25) is 5.02 Å². The number of carbonyl (C=O) groups excluding carboxylic acids is 1. The van der Waals surface area contributed by atoms with E-state index in [2.05, 4.69) is 9.72 Å². The lowest BCUT2D eigenvalue weighted by Gasteiger charge is -2.08. The summed E-state index contributed by atoms with van der Waals surface area (Å²) in [4.78, 5) is 15.2. The molecule has 0 spiro atoms. The van der Waals surface area contributed by atoms with E-state index >= 15 is 0 Å². The molecule has 26 heavy (non-hydrogen) atoms. The number of methoxy groups -OCH3 is 1. The van der Waals surface area contributed by atoms with Crippen LogP contribution < -0.4 is 4.74 Å². The molecule has 132 valence electrons. The summed E-state index contributed by atoms with van der Waals surface area (Å²) in [5.41, 5.74) is 2.75. The molecule has 0 amide bonds. The highest BCUT2D eigenvalue weighted by atomic mass is 35.5. The van der Waals surface area contributed by atoms with Gasteiger partial charge in [0.05, 0.1) is 18.6 Å². The fourth-order valence-electron chi connectivity index (χ4n) is 2.40. The number of ether oxygens (including phenoxy) is 2. The highest BCUT2D eigenvalue weighted by Crippen LogP contribution is 2.27. The van der Waals surface area contributed by atoms with Gasteiger partial charge < -0.3 is 9.47 Å². The lowest BCUT2D eigenvalue weighted by molar-refractivity contribution is -0.139. The van der Waals surface area contributed by atoms with E-state index in [1.54, 1.807) is 12.1 Å². The number of nitrogens with zero attached hydrogens (tertiary/aromatic N) is 1. The number of hydrogen-bond acceptors (Lipinski definition) is 4. The highest BCUT2D eigenvalue weighted by molar-refractivity contribution is 6.30. The number of carbonyl (C=O) groups is 1. The lowest BCUT2D eigenvalue weighted by Crippen LogP contribution is -2.04. The van der Waals surface area contributed by atoms with Gasteiger partial charge in [0.15, 0.2) is 5.82 Å². The fraction of sp³-hybridized carbons (Fsp3) is 0.100. The van der Waals surface area contributed by atoms with Crippen LogP contribution in [0.15, 0.2) is 60.8 Å². The fourth-order valence-corrected chi connectivity index (χ4v) is 2.55. The van der Waals surface area contributed by atoms with Crippen molar-refractivity contribution < 1.29 is 18.7 Å². The Bertz CT molecular complexity index is 929. The molecule has 0 atom stereocenters. The van der Waals surface area contributed by atoms with Gasteiger partial charge in [0.1, 0.15) is 5.75 Å². The number of benzene rings is 2. The third-order valence-corrected chi connectivity index (χ3v) is 3.89. The molecule has 3 rings (SSSR count). The van der Waals surface area contributed by atoms with Gasteiger partial charge in [-0.05, 0) is 34.9 Å². The Morgan fingerprint density at radius 3 is 2.58 bits per heavy atom. The highest BCUT2D eigenvalue weighted by Gasteiger charge is 2.08. The molecule has 0 N–H and O–H groups in total. The van der Waals surface area contributed by atoms with E-state index in [4.69, 9.17) is 16.3 Å². The summed E-state index contributed by atoms with van der Waals surface area (Å²) in [5.74, 6) is -0.601. The number of halogens is 2. The minimum absolute atomic E-state index is 0.137. The number of pyridine rings is 1. The molecule has 0 fully saturated rings. The second kappa shape index (κ2) is 7.97. The van der Waals surface area contributed by atoms with Crippen LogP contribution in [0.5, 0.6) is 11.6 Å². The Morgan fingerprint density at radius 1 is 1.12 bits per heavy atom. The van der Waals surface area contributed by atoms with Gasteiger partial charge in [0, 0.05) is 6.20 Å². The third kappa shape index (κ3) is 4.37. The first-order valence-corrected chi connectivity index (χ1v) is 8.18. The quantitative estimate of drug-likeness (QED) is 0.589. The molecule has 1 heterocycles. The number of hydrogen-bond donors (Lipinski definition) is 0. The van der Waals surface area contributed by atoms with Gasteiger partial charge in [-0.15, -0.1) is 0 Å². The minimum Gasteiger partial charge on any atom is -0.469 e. The number of esters is 1. The second-order valence-electron chi connectivity index (χ2n) is 5.52. The van der Waals surface area contributed by atoms with E-state index in [1.165, 1.54) is 13.3 Å². The van der Waals surface area contributed by atoms with E-state index in [0.29, 0.717) is 5.75 Å². The van der Waals surface area contributed by atoms with Gasteiger partial charge in [-0.25, -0.2) is 9.37 Å². The predicted molar refractivity (Wildman–Crippen MR) is 96.9 cm³/mol. The van der Waals surface area contributed by atoms with Crippen LogP contribution in [-0.4, -0.2) is 18.1 Å². The van der Waals surface area contributed by atoms with Crippen LogP contribution in [-0.2, 0) is 16.0 Å². The van der Waals surface area contributed by atoms with Crippen LogP contribution in [0.1, 0.15) is 5.56 Å².